The molecule has 2 rings (SSSR count). The lowest BCUT2D eigenvalue weighted by Crippen LogP contribution is -2.25. The van der Waals surface area contributed by atoms with Crippen molar-refractivity contribution < 1.29 is 5.11 Å². The molecule has 0 radical (unpaired) electrons. The normalized spacial score (nSPS) is 12.8. The minimum absolute atomic E-state index is 0.672. The second-order valence-corrected chi connectivity index (χ2v) is 7.83. The van der Waals surface area contributed by atoms with Crippen LogP contribution in [0.15, 0.2) is 35.6 Å². The van der Waals surface area contributed by atoms with Crippen LogP contribution in [-0.4, -0.2) is 18.2 Å². The van der Waals surface area contributed by atoms with Crippen LogP contribution >= 0.6 is 0 Å². The van der Waals surface area contributed by atoms with Crippen LogP contribution in [0.3, 0.4) is 0 Å². The van der Waals surface area contributed by atoms with Crippen LogP contribution in [0.2, 0.25) is 0 Å². The molecular weight excluding hydrogens is 342 g/mol. The molecular formula is C26H45NO. The SMILES string of the molecule is CC.CCCCCCN(CCCC)c1ccc(CCCC(O)=C2CCC2)cc1. The van der Waals surface area contributed by atoms with Crippen molar-refractivity contribution in [3.8, 4) is 0 Å². The third-order valence-electron chi connectivity index (χ3n) is 5.61. The first kappa shape index (κ1) is 24.6. The highest BCUT2D eigenvalue weighted by atomic mass is 16.3. The molecule has 0 unspecified atom stereocenters. The summed E-state index contributed by atoms with van der Waals surface area (Å²) < 4.78 is 0. The Kier molecular flexibility index (Phi) is 13.6. The van der Waals surface area contributed by atoms with Crippen LogP contribution in [0, 0.1) is 0 Å². The lowest BCUT2D eigenvalue weighted by Gasteiger charge is -2.25. The smallest absolute Gasteiger partial charge is 0.0914 e. The molecule has 1 N–H and O–H groups in total. The second-order valence-electron chi connectivity index (χ2n) is 7.83. The molecule has 1 aromatic rings. The summed E-state index contributed by atoms with van der Waals surface area (Å²) in [6.07, 6.45) is 14.3. The van der Waals surface area contributed by atoms with Crippen LogP contribution in [0.25, 0.3) is 0 Å². The van der Waals surface area contributed by atoms with Crippen LogP contribution < -0.4 is 4.90 Å². The zero-order valence-corrected chi connectivity index (χ0v) is 19.1. The lowest BCUT2D eigenvalue weighted by molar-refractivity contribution is 0.361. The highest BCUT2D eigenvalue weighted by Gasteiger charge is 2.13. The maximum absolute atomic E-state index is 10.0. The molecule has 2 heteroatoms. The van der Waals surface area contributed by atoms with Crippen molar-refractivity contribution in [3.63, 3.8) is 0 Å². The molecule has 1 aromatic carbocycles. The first-order valence-electron chi connectivity index (χ1n) is 12.0. The zero-order chi connectivity index (χ0) is 20.6. The molecule has 0 aliphatic heterocycles. The Balaban J connectivity index is 0.00000190. The molecule has 0 amide bonds. The van der Waals surface area contributed by atoms with Gasteiger partial charge in [-0.15, -0.1) is 0 Å². The number of benzene rings is 1. The Morgan fingerprint density at radius 3 is 2.07 bits per heavy atom. The fraction of sp³-hybridized carbons (Fsp3) is 0.692. The standard InChI is InChI=1S/C24H39NO.C2H6/c1-3-5-7-8-20-25(19-6-4-2)23-17-15-21(16-18-23)11-9-14-24(26)22-12-10-13-22;1-2/h15-18,26H,3-14,19-20H2,1-2H3;1-2H3. The first-order valence-corrected chi connectivity index (χ1v) is 12.0. The predicted molar refractivity (Wildman–Crippen MR) is 125 cm³/mol. The largest absolute Gasteiger partial charge is 0.512 e. The van der Waals surface area contributed by atoms with Crippen molar-refractivity contribution in [2.24, 2.45) is 0 Å². The number of rotatable bonds is 13. The van der Waals surface area contributed by atoms with E-state index < -0.39 is 0 Å². The average Bonchev–Trinajstić information content (AvgIpc) is 2.68. The van der Waals surface area contributed by atoms with Gasteiger partial charge in [0.25, 0.3) is 0 Å². The molecule has 0 heterocycles. The van der Waals surface area contributed by atoms with E-state index in [1.165, 1.54) is 74.9 Å². The number of nitrogens with zero attached hydrogens (tertiary/aromatic N) is 1. The van der Waals surface area contributed by atoms with E-state index in [0.29, 0.717) is 5.76 Å². The van der Waals surface area contributed by atoms with Gasteiger partial charge in [0.1, 0.15) is 0 Å². The monoisotopic (exact) mass is 387 g/mol. The summed E-state index contributed by atoms with van der Waals surface area (Å²) in [5, 5.41) is 10.0. The molecule has 0 aromatic heterocycles. The molecule has 2 nitrogen and oxygen atoms in total. The topological polar surface area (TPSA) is 23.5 Å². The minimum atomic E-state index is 0.672. The Labute approximate surface area is 175 Å². The van der Waals surface area contributed by atoms with Crippen LogP contribution in [0.5, 0.6) is 0 Å². The van der Waals surface area contributed by atoms with E-state index in [0.717, 1.165) is 32.1 Å². The maximum atomic E-state index is 10.0. The summed E-state index contributed by atoms with van der Waals surface area (Å²) in [5.41, 5.74) is 4.06. The summed E-state index contributed by atoms with van der Waals surface area (Å²) in [6, 6.07) is 9.17. The van der Waals surface area contributed by atoms with Gasteiger partial charge < -0.3 is 10.0 Å². The predicted octanol–water partition coefficient (Wildman–Crippen LogP) is 8.22. The van der Waals surface area contributed by atoms with Crippen molar-refractivity contribution in [3.05, 3.63) is 41.2 Å². The Bertz CT molecular complexity index is 526. The van der Waals surface area contributed by atoms with E-state index in [4.69, 9.17) is 0 Å². The van der Waals surface area contributed by atoms with Crippen molar-refractivity contribution >= 4 is 5.69 Å². The number of aryl methyl sites for hydroxylation is 1. The van der Waals surface area contributed by atoms with Gasteiger partial charge in [0.2, 0.25) is 0 Å². The Morgan fingerprint density at radius 2 is 1.50 bits per heavy atom. The van der Waals surface area contributed by atoms with Gasteiger partial charge in [0.15, 0.2) is 0 Å². The van der Waals surface area contributed by atoms with E-state index in [-0.39, 0.29) is 0 Å². The van der Waals surface area contributed by atoms with E-state index in [2.05, 4.69) is 43.0 Å². The highest BCUT2D eigenvalue weighted by Crippen LogP contribution is 2.29. The molecule has 0 bridgehead atoms. The molecule has 1 saturated carbocycles. The molecule has 1 aliphatic carbocycles. The van der Waals surface area contributed by atoms with E-state index in [9.17, 15) is 5.11 Å². The summed E-state index contributed by atoms with van der Waals surface area (Å²) >= 11 is 0. The summed E-state index contributed by atoms with van der Waals surface area (Å²) in [7, 11) is 0. The van der Waals surface area contributed by atoms with E-state index in [1.54, 1.807) is 0 Å². The fourth-order valence-electron chi connectivity index (χ4n) is 3.60. The number of hydrogen-bond donors (Lipinski definition) is 1. The molecule has 28 heavy (non-hydrogen) atoms. The molecule has 160 valence electrons. The van der Waals surface area contributed by atoms with E-state index >= 15 is 0 Å². The average molecular weight is 388 g/mol. The van der Waals surface area contributed by atoms with Gasteiger partial charge in [-0.1, -0.05) is 65.5 Å². The highest BCUT2D eigenvalue weighted by molar-refractivity contribution is 5.47. The quantitative estimate of drug-likeness (QED) is 0.272. The molecule has 0 atom stereocenters. The Hall–Kier alpha value is -1.44. The number of aliphatic hydroxyl groups is 1. The van der Waals surface area contributed by atoms with Crippen molar-refractivity contribution in [1.29, 1.82) is 0 Å². The van der Waals surface area contributed by atoms with Crippen LogP contribution in [-0.2, 0) is 6.42 Å². The summed E-state index contributed by atoms with van der Waals surface area (Å²) in [4.78, 5) is 2.57. The molecule has 0 spiro atoms. The van der Waals surface area contributed by atoms with E-state index in [1.807, 2.05) is 13.8 Å². The number of unbranched alkanes of at least 4 members (excludes halogenated alkanes) is 4. The fourth-order valence-corrected chi connectivity index (χ4v) is 3.60. The third-order valence-corrected chi connectivity index (χ3v) is 5.61. The zero-order valence-electron chi connectivity index (χ0n) is 19.1. The van der Waals surface area contributed by atoms with Crippen LogP contribution in [0.1, 0.15) is 104 Å². The first-order chi connectivity index (χ1) is 13.7. The van der Waals surface area contributed by atoms with Gasteiger partial charge in [-0.25, -0.2) is 0 Å². The maximum Gasteiger partial charge on any atom is 0.0914 e. The van der Waals surface area contributed by atoms with Crippen molar-refractivity contribution in [2.45, 2.75) is 105 Å². The van der Waals surface area contributed by atoms with Gasteiger partial charge in [0.05, 0.1) is 5.76 Å². The second kappa shape index (κ2) is 15.5. The number of hydrogen-bond acceptors (Lipinski definition) is 2. The van der Waals surface area contributed by atoms with Gasteiger partial charge in [0, 0.05) is 25.2 Å². The molecule has 0 saturated heterocycles. The number of aliphatic hydroxyl groups excluding tert-OH is 1. The van der Waals surface area contributed by atoms with Crippen molar-refractivity contribution in [1.82, 2.24) is 0 Å². The summed E-state index contributed by atoms with van der Waals surface area (Å²) in [5.74, 6) is 0.672. The number of anilines is 1. The lowest BCUT2D eigenvalue weighted by atomic mass is 9.90. The van der Waals surface area contributed by atoms with Crippen LogP contribution in [0.4, 0.5) is 5.69 Å². The minimum Gasteiger partial charge on any atom is -0.512 e. The summed E-state index contributed by atoms with van der Waals surface area (Å²) in [6.45, 7) is 10.9. The van der Waals surface area contributed by atoms with Crippen molar-refractivity contribution in [2.75, 3.05) is 18.0 Å². The van der Waals surface area contributed by atoms with Gasteiger partial charge in [-0.3, -0.25) is 0 Å². The molecule has 1 fully saturated rings. The number of allylic oxidation sites excluding steroid dienone is 2. The van der Waals surface area contributed by atoms with Gasteiger partial charge in [-0.2, -0.15) is 0 Å². The van der Waals surface area contributed by atoms with Gasteiger partial charge >= 0.3 is 0 Å². The third kappa shape index (κ3) is 9.17. The molecule has 1 aliphatic rings. The Morgan fingerprint density at radius 1 is 0.857 bits per heavy atom. The van der Waals surface area contributed by atoms with Gasteiger partial charge in [-0.05, 0) is 68.2 Å².